The first-order valence-electron chi connectivity index (χ1n) is 10.2. The number of hydrogen-bond donors (Lipinski definition) is 0. The zero-order valence-corrected chi connectivity index (χ0v) is 16.2. The van der Waals surface area contributed by atoms with E-state index < -0.39 is 0 Å². The first-order chi connectivity index (χ1) is 13.0. The van der Waals surface area contributed by atoms with Gasteiger partial charge in [0.05, 0.1) is 0 Å². The Morgan fingerprint density at radius 2 is 2.00 bits per heavy atom. The van der Waals surface area contributed by atoms with Crippen LogP contribution in [0.15, 0.2) is 23.0 Å². The van der Waals surface area contributed by atoms with Gasteiger partial charge in [-0.05, 0) is 45.1 Å². The van der Waals surface area contributed by atoms with Crippen molar-refractivity contribution in [3.8, 4) is 0 Å². The van der Waals surface area contributed by atoms with Crippen molar-refractivity contribution in [3.05, 3.63) is 34.2 Å². The van der Waals surface area contributed by atoms with E-state index in [1.165, 1.54) is 0 Å². The predicted octanol–water partition coefficient (Wildman–Crippen LogP) is 1.94. The van der Waals surface area contributed by atoms with E-state index in [0.29, 0.717) is 31.3 Å². The van der Waals surface area contributed by atoms with Crippen LogP contribution < -0.4 is 5.56 Å². The van der Waals surface area contributed by atoms with Crippen LogP contribution in [-0.4, -0.2) is 51.9 Å². The Balaban J connectivity index is 1.40. The van der Waals surface area contributed by atoms with E-state index in [2.05, 4.69) is 4.90 Å². The molecule has 2 saturated heterocycles. The number of rotatable bonds is 4. The third-order valence-electron chi connectivity index (χ3n) is 6.51. The molecule has 27 heavy (non-hydrogen) atoms. The number of hydrogen-bond acceptors (Lipinski definition) is 3. The van der Waals surface area contributed by atoms with E-state index in [4.69, 9.17) is 0 Å². The fourth-order valence-corrected chi connectivity index (χ4v) is 4.79. The fraction of sp³-hybridized carbons (Fsp3) is 0.667. The van der Waals surface area contributed by atoms with Gasteiger partial charge in [-0.2, -0.15) is 0 Å². The van der Waals surface area contributed by atoms with Crippen molar-refractivity contribution in [2.75, 3.05) is 19.6 Å². The highest BCUT2D eigenvalue weighted by Crippen LogP contribution is 2.42. The molecule has 1 atom stereocenters. The Morgan fingerprint density at radius 3 is 2.74 bits per heavy atom. The third kappa shape index (κ3) is 3.80. The number of nitrogens with zero attached hydrogens (tertiary/aromatic N) is 3. The Labute approximate surface area is 160 Å². The van der Waals surface area contributed by atoms with Crippen LogP contribution in [0.1, 0.15) is 50.6 Å². The molecule has 2 amide bonds. The van der Waals surface area contributed by atoms with E-state index in [1.807, 2.05) is 17.9 Å². The van der Waals surface area contributed by atoms with Gasteiger partial charge in [-0.25, -0.2) is 0 Å². The average Bonchev–Trinajstić information content (AvgIpc) is 3.49. The van der Waals surface area contributed by atoms with E-state index in [-0.39, 0.29) is 16.9 Å². The van der Waals surface area contributed by atoms with E-state index in [0.717, 1.165) is 57.4 Å². The molecule has 0 N–H and O–H groups in total. The van der Waals surface area contributed by atoms with Crippen molar-refractivity contribution in [2.24, 2.45) is 5.41 Å². The van der Waals surface area contributed by atoms with Gasteiger partial charge in [-0.1, -0.05) is 6.07 Å². The number of aromatic nitrogens is 1. The molecule has 1 spiro atoms. The lowest BCUT2D eigenvalue weighted by Gasteiger charge is -2.48. The molecular weight excluding hydrogens is 342 g/mol. The zero-order chi connectivity index (χ0) is 19.0. The van der Waals surface area contributed by atoms with Crippen molar-refractivity contribution < 1.29 is 9.59 Å². The number of piperidine rings is 2. The number of carbonyl (C=O) groups excluding carboxylic acids is 2. The van der Waals surface area contributed by atoms with Crippen LogP contribution in [0, 0.1) is 12.3 Å². The highest BCUT2D eigenvalue weighted by atomic mass is 16.2. The molecule has 4 rings (SSSR count). The van der Waals surface area contributed by atoms with Crippen LogP contribution in [0.25, 0.3) is 0 Å². The molecule has 146 valence electrons. The molecule has 0 radical (unpaired) electrons. The molecule has 0 aromatic carbocycles. The predicted molar refractivity (Wildman–Crippen MR) is 102 cm³/mol. The summed E-state index contributed by atoms with van der Waals surface area (Å²) in [5, 5.41) is 0. The van der Waals surface area contributed by atoms with Gasteiger partial charge in [0.25, 0.3) is 5.56 Å². The minimum absolute atomic E-state index is 0.0521. The summed E-state index contributed by atoms with van der Waals surface area (Å²) < 4.78 is 1.67. The molecule has 3 fully saturated rings. The normalized spacial score (nSPS) is 25.9. The molecule has 6 nitrogen and oxygen atoms in total. The van der Waals surface area contributed by atoms with Gasteiger partial charge >= 0.3 is 0 Å². The largest absolute Gasteiger partial charge is 0.342 e. The van der Waals surface area contributed by atoms with Crippen molar-refractivity contribution in [1.82, 2.24) is 14.4 Å². The van der Waals surface area contributed by atoms with E-state index in [1.54, 1.807) is 16.7 Å². The molecule has 0 unspecified atom stereocenters. The highest BCUT2D eigenvalue weighted by molar-refractivity contribution is 5.78. The van der Waals surface area contributed by atoms with E-state index in [9.17, 15) is 14.4 Å². The molecule has 1 aliphatic carbocycles. The van der Waals surface area contributed by atoms with Gasteiger partial charge in [-0.15, -0.1) is 0 Å². The van der Waals surface area contributed by atoms with Gasteiger partial charge in [0, 0.05) is 62.2 Å². The van der Waals surface area contributed by atoms with Crippen LogP contribution in [-0.2, 0) is 16.1 Å². The van der Waals surface area contributed by atoms with Gasteiger partial charge in [0.1, 0.15) is 0 Å². The molecule has 1 aromatic heterocycles. The molecule has 1 saturated carbocycles. The van der Waals surface area contributed by atoms with Crippen LogP contribution in [0.2, 0.25) is 0 Å². The second-order valence-electron chi connectivity index (χ2n) is 8.58. The molecule has 3 aliphatic rings. The first-order valence-corrected chi connectivity index (χ1v) is 10.2. The van der Waals surface area contributed by atoms with Gasteiger partial charge < -0.3 is 14.4 Å². The van der Waals surface area contributed by atoms with Crippen LogP contribution in [0.4, 0.5) is 0 Å². The van der Waals surface area contributed by atoms with Crippen LogP contribution in [0.3, 0.4) is 0 Å². The summed E-state index contributed by atoms with van der Waals surface area (Å²) in [6.07, 6.45) is 6.25. The van der Waals surface area contributed by atoms with Crippen molar-refractivity contribution in [1.29, 1.82) is 0 Å². The second-order valence-corrected chi connectivity index (χ2v) is 8.58. The number of likely N-dealkylation sites (tertiary alicyclic amines) is 2. The molecule has 2 aliphatic heterocycles. The topological polar surface area (TPSA) is 62.6 Å². The fourth-order valence-electron chi connectivity index (χ4n) is 4.79. The Kier molecular flexibility index (Phi) is 4.82. The number of amides is 2. The smallest absolute Gasteiger partial charge is 0.250 e. The first kappa shape index (κ1) is 18.3. The SMILES string of the molecule is Cc1cccc(=O)n1CCC(=O)N1CCC[C@]2(CCC(=O)N(C3CC3)C2)C1. The summed E-state index contributed by atoms with van der Waals surface area (Å²) in [6, 6.07) is 5.64. The van der Waals surface area contributed by atoms with Crippen molar-refractivity contribution in [3.63, 3.8) is 0 Å². The number of aryl methyl sites for hydroxylation is 1. The molecule has 6 heteroatoms. The standard InChI is InChI=1S/C21H29N3O3/c1-16-4-2-5-19(26)23(16)13-9-18(25)22-12-3-10-21(14-22)11-8-20(27)24(15-21)17-6-7-17/h2,4-5,17H,3,6-15H2,1H3/t21-/m0/s1. The lowest BCUT2D eigenvalue weighted by Crippen LogP contribution is -2.55. The molecule has 3 heterocycles. The lowest BCUT2D eigenvalue weighted by molar-refractivity contribution is -0.143. The molecule has 0 bridgehead atoms. The zero-order valence-electron chi connectivity index (χ0n) is 16.2. The van der Waals surface area contributed by atoms with Crippen molar-refractivity contribution >= 4 is 11.8 Å². The maximum atomic E-state index is 12.8. The lowest BCUT2D eigenvalue weighted by atomic mass is 9.73. The van der Waals surface area contributed by atoms with Gasteiger partial charge in [-0.3, -0.25) is 14.4 Å². The third-order valence-corrected chi connectivity index (χ3v) is 6.51. The Morgan fingerprint density at radius 1 is 1.19 bits per heavy atom. The average molecular weight is 371 g/mol. The van der Waals surface area contributed by atoms with E-state index >= 15 is 0 Å². The minimum Gasteiger partial charge on any atom is -0.342 e. The number of carbonyl (C=O) groups is 2. The van der Waals surface area contributed by atoms with Crippen molar-refractivity contribution in [2.45, 2.75) is 64.5 Å². The Hall–Kier alpha value is -2.11. The highest BCUT2D eigenvalue weighted by Gasteiger charge is 2.46. The quantitative estimate of drug-likeness (QED) is 0.813. The summed E-state index contributed by atoms with van der Waals surface area (Å²) in [4.78, 5) is 41.2. The summed E-state index contributed by atoms with van der Waals surface area (Å²) >= 11 is 0. The van der Waals surface area contributed by atoms with Crippen LogP contribution in [0.5, 0.6) is 0 Å². The second kappa shape index (κ2) is 7.13. The molecular formula is C21H29N3O3. The van der Waals surface area contributed by atoms with Gasteiger partial charge in [0.2, 0.25) is 11.8 Å². The maximum absolute atomic E-state index is 12.8. The summed E-state index contributed by atoms with van der Waals surface area (Å²) in [7, 11) is 0. The van der Waals surface area contributed by atoms with Gasteiger partial charge in [0.15, 0.2) is 0 Å². The number of pyridine rings is 1. The van der Waals surface area contributed by atoms with Crippen LogP contribution >= 0.6 is 0 Å². The molecule has 1 aromatic rings. The maximum Gasteiger partial charge on any atom is 0.250 e. The summed E-state index contributed by atoms with van der Waals surface area (Å²) in [6.45, 7) is 4.69. The Bertz CT molecular complexity index is 798. The monoisotopic (exact) mass is 371 g/mol. The summed E-state index contributed by atoms with van der Waals surface area (Å²) in [5.74, 6) is 0.421. The summed E-state index contributed by atoms with van der Waals surface area (Å²) in [5.41, 5.74) is 0.907. The minimum atomic E-state index is -0.0521.